The molecule has 1 rings (SSSR count). The molecule has 0 atom stereocenters. The van der Waals surface area contributed by atoms with Gasteiger partial charge in [-0.15, -0.1) is 0 Å². The Morgan fingerprint density at radius 3 is 2.12 bits per heavy atom. The van der Waals surface area contributed by atoms with E-state index in [1.165, 1.54) is 12.8 Å². The molecule has 0 aromatic carbocycles. The lowest BCUT2D eigenvalue weighted by molar-refractivity contribution is 0.112. The van der Waals surface area contributed by atoms with E-state index in [0.29, 0.717) is 0 Å². The molecule has 0 saturated heterocycles. The van der Waals surface area contributed by atoms with Crippen molar-refractivity contribution in [3.05, 3.63) is 0 Å². The summed E-state index contributed by atoms with van der Waals surface area (Å²) in [5.74, 6) is 0.860. The van der Waals surface area contributed by atoms with Crippen LogP contribution in [0.4, 0.5) is 0 Å². The van der Waals surface area contributed by atoms with E-state index in [2.05, 4.69) is 6.92 Å². The Morgan fingerprint density at radius 1 is 1.25 bits per heavy atom. The average Bonchev–Trinajstić information content (AvgIpc) is 1.77. The third kappa shape index (κ3) is 1.48. The van der Waals surface area contributed by atoms with E-state index in [0.717, 1.165) is 18.8 Å². The fraction of sp³-hybridized carbons (Fsp3) is 1.00. The fourth-order valence-corrected chi connectivity index (χ4v) is 1.24. The second kappa shape index (κ2) is 2.49. The number of hydrogen-bond acceptors (Lipinski definition) is 1. The van der Waals surface area contributed by atoms with Gasteiger partial charge in [0.1, 0.15) is 0 Å². The minimum atomic E-state index is 0. The fourth-order valence-electron chi connectivity index (χ4n) is 1.24. The van der Waals surface area contributed by atoms with Crippen LogP contribution < -0.4 is 0 Å². The Bertz CT molecular complexity index is 57.3. The van der Waals surface area contributed by atoms with Gasteiger partial charge in [-0.1, -0.05) is 6.92 Å². The van der Waals surface area contributed by atoms with E-state index in [1.807, 2.05) is 0 Å². The van der Waals surface area contributed by atoms with Gasteiger partial charge < -0.3 is 5.11 Å². The van der Waals surface area contributed by atoms with Crippen LogP contribution in [0.5, 0.6) is 0 Å². The van der Waals surface area contributed by atoms with Crippen molar-refractivity contribution in [2.75, 3.05) is 0 Å². The molecule has 0 aromatic heterocycles. The molecule has 1 saturated carbocycles. The highest BCUT2D eigenvalue weighted by Crippen LogP contribution is 2.22. The molecule has 0 unspecified atom stereocenters. The summed E-state index contributed by atoms with van der Waals surface area (Å²) in [5.41, 5.74) is 0. The quantitative estimate of drug-likeness (QED) is 0.511. The van der Waals surface area contributed by atoms with Gasteiger partial charge in [-0.05, 0) is 31.6 Å². The van der Waals surface area contributed by atoms with Gasteiger partial charge in [0.2, 0.25) is 0 Å². The molecular formula is C7H16O. The lowest BCUT2D eigenvalue weighted by atomic mass is 9.89. The van der Waals surface area contributed by atoms with Crippen molar-refractivity contribution in [2.24, 2.45) is 5.92 Å². The molecule has 1 fully saturated rings. The van der Waals surface area contributed by atoms with E-state index >= 15 is 0 Å². The lowest BCUT2D eigenvalue weighted by Gasteiger charge is -2.21. The first-order valence-corrected chi connectivity index (χ1v) is 3.47. The number of rotatable bonds is 0. The van der Waals surface area contributed by atoms with Crippen LogP contribution in [0, 0.1) is 5.92 Å². The monoisotopic (exact) mass is 116 g/mol. The van der Waals surface area contributed by atoms with Crippen molar-refractivity contribution in [1.82, 2.24) is 0 Å². The summed E-state index contributed by atoms with van der Waals surface area (Å²) in [6.07, 6.45) is 4.52. The molecule has 1 nitrogen and oxygen atoms in total. The summed E-state index contributed by atoms with van der Waals surface area (Å²) < 4.78 is 0. The molecule has 0 radical (unpaired) electrons. The topological polar surface area (TPSA) is 20.2 Å². The Hall–Kier alpha value is -0.0400. The third-order valence-electron chi connectivity index (χ3n) is 1.99. The van der Waals surface area contributed by atoms with Crippen LogP contribution in [0.2, 0.25) is 0 Å². The minimum absolute atomic E-state index is 0. The summed E-state index contributed by atoms with van der Waals surface area (Å²) in [7, 11) is 0. The molecule has 0 amide bonds. The van der Waals surface area contributed by atoms with Crippen molar-refractivity contribution in [2.45, 2.75) is 38.7 Å². The Morgan fingerprint density at radius 2 is 1.75 bits per heavy atom. The molecule has 0 spiro atoms. The van der Waals surface area contributed by atoms with Crippen molar-refractivity contribution in [3.63, 3.8) is 0 Å². The highest BCUT2D eigenvalue weighted by molar-refractivity contribution is 4.67. The predicted octanol–water partition coefficient (Wildman–Crippen LogP) is 1.80. The molecular weight excluding hydrogens is 100 g/mol. The van der Waals surface area contributed by atoms with Crippen LogP contribution in [0.25, 0.3) is 0 Å². The summed E-state index contributed by atoms with van der Waals surface area (Å²) in [4.78, 5) is 0. The van der Waals surface area contributed by atoms with E-state index in [4.69, 9.17) is 5.11 Å². The molecule has 1 heteroatoms. The molecule has 50 valence electrons. The van der Waals surface area contributed by atoms with Crippen LogP contribution in [0.1, 0.15) is 34.0 Å². The van der Waals surface area contributed by atoms with Gasteiger partial charge >= 0.3 is 0 Å². The Labute approximate surface area is 52.2 Å². The highest BCUT2D eigenvalue weighted by Gasteiger charge is 2.14. The summed E-state index contributed by atoms with van der Waals surface area (Å²) in [5, 5.41) is 9.03. The maximum atomic E-state index is 9.03. The number of hydrogen-bond donors (Lipinski definition) is 1. The molecule has 0 aromatic rings. The molecule has 1 aliphatic rings. The third-order valence-corrected chi connectivity index (χ3v) is 1.99. The second-order valence-electron chi connectivity index (χ2n) is 2.91. The van der Waals surface area contributed by atoms with Crippen LogP contribution in [0.15, 0.2) is 0 Å². The van der Waals surface area contributed by atoms with Crippen molar-refractivity contribution >= 4 is 0 Å². The Kier molecular flexibility index (Phi) is 1.90. The van der Waals surface area contributed by atoms with E-state index in [1.54, 1.807) is 0 Å². The average molecular weight is 116 g/mol. The molecule has 0 aliphatic heterocycles. The van der Waals surface area contributed by atoms with Gasteiger partial charge in [0.15, 0.2) is 0 Å². The van der Waals surface area contributed by atoms with Gasteiger partial charge in [-0.3, -0.25) is 0 Å². The molecule has 0 heterocycles. The van der Waals surface area contributed by atoms with Crippen molar-refractivity contribution in [3.8, 4) is 0 Å². The predicted molar refractivity (Wildman–Crippen MR) is 35.8 cm³/mol. The SMILES string of the molecule is CC1CCC(O)CC1.[HH]. The first-order valence-electron chi connectivity index (χ1n) is 3.47. The Balaban J connectivity index is 0.000000640. The van der Waals surface area contributed by atoms with Crippen LogP contribution in [0.3, 0.4) is 0 Å². The molecule has 1 aliphatic carbocycles. The smallest absolute Gasteiger partial charge is 0.0540 e. The van der Waals surface area contributed by atoms with E-state index in [9.17, 15) is 0 Å². The lowest BCUT2D eigenvalue weighted by Crippen LogP contribution is -2.15. The maximum Gasteiger partial charge on any atom is 0.0540 e. The van der Waals surface area contributed by atoms with Crippen molar-refractivity contribution < 1.29 is 6.53 Å². The van der Waals surface area contributed by atoms with Gasteiger partial charge in [0, 0.05) is 1.43 Å². The minimum Gasteiger partial charge on any atom is -0.393 e. The first kappa shape index (κ1) is 6.09. The van der Waals surface area contributed by atoms with Gasteiger partial charge in [-0.2, -0.15) is 0 Å². The largest absolute Gasteiger partial charge is 0.393 e. The number of aliphatic hydroxyl groups is 1. The summed E-state index contributed by atoms with van der Waals surface area (Å²) >= 11 is 0. The van der Waals surface area contributed by atoms with Crippen LogP contribution in [-0.2, 0) is 0 Å². The standard InChI is InChI=1S/C7H14O.H2/c1-6-2-4-7(8)5-3-6;/h6-8H,2-5H2,1H3;1H. The van der Waals surface area contributed by atoms with Crippen LogP contribution in [-0.4, -0.2) is 11.2 Å². The maximum absolute atomic E-state index is 9.03. The normalized spacial score (nSPS) is 39.8. The molecule has 8 heavy (non-hydrogen) atoms. The zero-order valence-electron chi connectivity index (χ0n) is 5.43. The van der Waals surface area contributed by atoms with Gasteiger partial charge in [0.25, 0.3) is 0 Å². The zero-order valence-corrected chi connectivity index (χ0v) is 5.43. The molecule has 1 N–H and O–H groups in total. The van der Waals surface area contributed by atoms with Gasteiger partial charge in [0.05, 0.1) is 6.10 Å². The molecule has 0 bridgehead atoms. The zero-order chi connectivity index (χ0) is 5.98. The first-order chi connectivity index (χ1) is 3.79. The van der Waals surface area contributed by atoms with E-state index in [-0.39, 0.29) is 7.53 Å². The summed E-state index contributed by atoms with van der Waals surface area (Å²) in [6, 6.07) is 0. The van der Waals surface area contributed by atoms with Gasteiger partial charge in [-0.25, -0.2) is 0 Å². The second-order valence-corrected chi connectivity index (χ2v) is 2.91. The van der Waals surface area contributed by atoms with Crippen molar-refractivity contribution in [1.29, 1.82) is 0 Å². The van der Waals surface area contributed by atoms with Crippen LogP contribution >= 0.6 is 0 Å². The summed E-state index contributed by atoms with van der Waals surface area (Å²) in [6.45, 7) is 2.26. The number of aliphatic hydroxyl groups excluding tert-OH is 1. The van der Waals surface area contributed by atoms with E-state index < -0.39 is 0 Å². The highest BCUT2D eigenvalue weighted by atomic mass is 16.3.